The molecule has 1 fully saturated rings. The van der Waals surface area contributed by atoms with Crippen LogP contribution in [0.25, 0.3) is 0 Å². The number of aliphatic hydroxyl groups excluding tert-OH is 3. The van der Waals surface area contributed by atoms with E-state index in [2.05, 4.69) is 31.2 Å². The highest BCUT2D eigenvalue weighted by Gasteiger charge is 2.64. The third-order valence-electron chi connectivity index (χ3n) is 5.93. The number of hydrogen-bond acceptors (Lipinski definition) is 8. The van der Waals surface area contributed by atoms with Crippen molar-refractivity contribution in [3.8, 4) is 0 Å². The van der Waals surface area contributed by atoms with Crippen molar-refractivity contribution in [2.24, 2.45) is 0 Å². The van der Waals surface area contributed by atoms with Crippen LogP contribution in [0.15, 0.2) is 24.3 Å². The number of ether oxygens (including phenoxy) is 2. The minimum Gasteiger partial charge on any atom is -0.424 e. The first-order chi connectivity index (χ1) is 15.7. The van der Waals surface area contributed by atoms with Crippen molar-refractivity contribution in [3.63, 3.8) is 0 Å². The van der Waals surface area contributed by atoms with E-state index in [0.29, 0.717) is 6.42 Å². The van der Waals surface area contributed by atoms with Gasteiger partial charge in [-0.05, 0) is 45.4 Å². The Bertz CT molecular complexity index is 603. The van der Waals surface area contributed by atoms with Crippen LogP contribution in [0.3, 0.4) is 0 Å². The highest BCUT2D eigenvalue weighted by molar-refractivity contribution is 5.70. The first-order valence-corrected chi connectivity index (χ1v) is 12.3. The quantitative estimate of drug-likeness (QED) is 0.100. The van der Waals surface area contributed by atoms with E-state index in [9.17, 15) is 25.2 Å². The molecule has 0 spiro atoms. The molecule has 1 heterocycles. The highest BCUT2D eigenvalue weighted by atomic mass is 16.7. The molecule has 8 heteroatoms. The largest absolute Gasteiger partial charge is 0.424 e. The Morgan fingerprint density at radius 3 is 2.12 bits per heavy atom. The average molecular weight is 473 g/mol. The van der Waals surface area contributed by atoms with Crippen LogP contribution in [0.4, 0.5) is 0 Å². The van der Waals surface area contributed by atoms with Crippen LogP contribution >= 0.6 is 0 Å². The van der Waals surface area contributed by atoms with Gasteiger partial charge in [0.25, 0.3) is 5.79 Å². The molecule has 0 aromatic carbocycles. The van der Waals surface area contributed by atoms with Crippen LogP contribution in [0, 0.1) is 0 Å². The topological polar surface area (TPSA) is 137 Å². The summed E-state index contributed by atoms with van der Waals surface area (Å²) in [6.07, 6.45) is 15.2. The van der Waals surface area contributed by atoms with Gasteiger partial charge in [-0.25, -0.2) is 0 Å². The summed E-state index contributed by atoms with van der Waals surface area (Å²) in [4.78, 5) is 12.1. The van der Waals surface area contributed by atoms with E-state index in [1.54, 1.807) is 0 Å². The smallest absolute Gasteiger partial charge is 0.308 e. The number of carbonyl (C=O) groups is 1. The van der Waals surface area contributed by atoms with Crippen LogP contribution in [0.5, 0.6) is 0 Å². The summed E-state index contributed by atoms with van der Waals surface area (Å²) in [6, 6.07) is 0. The van der Waals surface area contributed by atoms with Crippen molar-refractivity contribution in [2.45, 2.75) is 121 Å². The lowest BCUT2D eigenvalue weighted by Gasteiger charge is -2.50. The fourth-order valence-corrected chi connectivity index (χ4v) is 3.76. The van der Waals surface area contributed by atoms with E-state index in [1.807, 2.05) is 0 Å². The van der Waals surface area contributed by atoms with Crippen molar-refractivity contribution in [1.29, 1.82) is 0 Å². The second-order valence-electron chi connectivity index (χ2n) is 8.91. The van der Waals surface area contributed by atoms with Gasteiger partial charge in [-0.2, -0.15) is 0 Å². The minimum absolute atomic E-state index is 0.00483. The minimum atomic E-state index is -2.84. The number of aliphatic hydroxyl groups is 5. The Labute approximate surface area is 197 Å². The third kappa shape index (κ3) is 9.84. The molecule has 33 heavy (non-hydrogen) atoms. The lowest BCUT2D eigenvalue weighted by atomic mass is 9.89. The lowest BCUT2D eigenvalue weighted by molar-refractivity contribution is -0.440. The number of allylic oxidation sites excluding steroid dienone is 4. The highest BCUT2D eigenvalue weighted by Crippen LogP contribution is 2.37. The maximum absolute atomic E-state index is 12.1. The van der Waals surface area contributed by atoms with Crippen LogP contribution in [0.2, 0.25) is 0 Å². The predicted molar refractivity (Wildman–Crippen MR) is 125 cm³/mol. The Balaban J connectivity index is 2.18. The number of carbonyl (C=O) groups excluding carboxylic acids is 1. The number of hydrogen-bond donors (Lipinski definition) is 5. The Morgan fingerprint density at radius 2 is 1.52 bits per heavy atom. The van der Waals surface area contributed by atoms with Gasteiger partial charge < -0.3 is 35.0 Å². The first-order valence-electron chi connectivity index (χ1n) is 12.3. The Kier molecular flexibility index (Phi) is 14.0. The van der Waals surface area contributed by atoms with Crippen LogP contribution in [0.1, 0.15) is 90.9 Å². The summed E-state index contributed by atoms with van der Waals surface area (Å²) >= 11 is 0. The number of esters is 1. The van der Waals surface area contributed by atoms with Gasteiger partial charge in [-0.1, -0.05) is 63.3 Å². The molecule has 1 unspecified atom stereocenters. The summed E-state index contributed by atoms with van der Waals surface area (Å²) in [7, 11) is 0. The molecule has 0 amide bonds. The molecule has 0 aromatic rings. The SMILES string of the molecule is CCCCC/C=C\C/C=C\CCCCCCCC(=O)O[C@]1(O)[C@@H](O)[C@H](O)[C@@H](CO)OC1(C)O. The zero-order chi connectivity index (χ0) is 24.7. The van der Waals surface area contributed by atoms with Gasteiger partial charge in [0.1, 0.15) is 12.2 Å². The summed E-state index contributed by atoms with van der Waals surface area (Å²) in [6.45, 7) is 2.51. The Morgan fingerprint density at radius 1 is 0.939 bits per heavy atom. The molecule has 1 rings (SSSR count). The van der Waals surface area contributed by atoms with Crippen LogP contribution in [-0.2, 0) is 14.3 Å². The first kappa shape index (κ1) is 29.7. The molecule has 1 aliphatic rings. The molecule has 0 bridgehead atoms. The summed E-state index contributed by atoms with van der Waals surface area (Å²) in [5.74, 6) is -6.15. The molecule has 1 aliphatic heterocycles. The summed E-state index contributed by atoms with van der Waals surface area (Å²) < 4.78 is 9.94. The van der Waals surface area contributed by atoms with Gasteiger partial charge in [0.2, 0.25) is 5.79 Å². The average Bonchev–Trinajstić information content (AvgIpc) is 2.78. The van der Waals surface area contributed by atoms with Gasteiger partial charge in [-0.3, -0.25) is 4.79 Å². The fraction of sp³-hybridized carbons (Fsp3) is 0.800. The lowest BCUT2D eigenvalue weighted by Crippen LogP contribution is -2.73. The van der Waals surface area contributed by atoms with Crippen LogP contribution in [-0.4, -0.2) is 68.0 Å². The van der Waals surface area contributed by atoms with E-state index in [1.165, 1.54) is 19.3 Å². The molecule has 192 valence electrons. The van der Waals surface area contributed by atoms with E-state index >= 15 is 0 Å². The monoisotopic (exact) mass is 472 g/mol. The van der Waals surface area contributed by atoms with E-state index in [-0.39, 0.29) is 6.42 Å². The Hall–Kier alpha value is -1.29. The van der Waals surface area contributed by atoms with E-state index in [0.717, 1.165) is 51.9 Å². The predicted octanol–water partition coefficient (Wildman–Crippen LogP) is 2.85. The van der Waals surface area contributed by atoms with E-state index in [4.69, 9.17) is 14.6 Å². The number of unbranched alkanes of at least 4 members (excludes halogenated alkanes) is 8. The summed E-state index contributed by atoms with van der Waals surface area (Å²) in [5.41, 5.74) is 0. The van der Waals surface area contributed by atoms with Gasteiger partial charge in [0, 0.05) is 6.42 Å². The van der Waals surface area contributed by atoms with Crippen molar-refractivity contribution in [2.75, 3.05) is 6.61 Å². The van der Waals surface area contributed by atoms with Gasteiger partial charge >= 0.3 is 5.97 Å². The second kappa shape index (κ2) is 15.6. The number of rotatable bonds is 16. The van der Waals surface area contributed by atoms with E-state index < -0.39 is 42.5 Å². The molecular formula is C25H44O8. The molecule has 0 aromatic heterocycles. The molecule has 5 atom stereocenters. The molecular weight excluding hydrogens is 428 g/mol. The maximum atomic E-state index is 12.1. The molecule has 8 nitrogen and oxygen atoms in total. The van der Waals surface area contributed by atoms with Crippen molar-refractivity contribution in [3.05, 3.63) is 24.3 Å². The molecule has 0 saturated carbocycles. The molecule has 1 saturated heterocycles. The molecule has 5 N–H and O–H groups in total. The fourth-order valence-electron chi connectivity index (χ4n) is 3.76. The zero-order valence-electron chi connectivity index (χ0n) is 20.2. The second-order valence-corrected chi connectivity index (χ2v) is 8.91. The van der Waals surface area contributed by atoms with Crippen molar-refractivity contribution < 1.29 is 39.8 Å². The maximum Gasteiger partial charge on any atom is 0.308 e. The summed E-state index contributed by atoms with van der Waals surface area (Å²) in [5, 5.41) is 50.1. The standard InChI is InChI=1S/C25H44O8/c1-3-4-5-6-7-8-9-10-11-12-13-14-15-16-17-18-21(27)33-25(31)23(29)22(28)20(19-26)32-24(25,2)30/h7-8,10-11,20,22-23,26,28-31H,3-6,9,12-19H2,1-2H3/b8-7-,11-10-/t20-,22-,23+,24?,25-/m1/s1. The van der Waals surface area contributed by atoms with Crippen molar-refractivity contribution >= 4 is 5.97 Å². The molecule has 0 aliphatic carbocycles. The van der Waals surface area contributed by atoms with Crippen LogP contribution < -0.4 is 0 Å². The van der Waals surface area contributed by atoms with Crippen molar-refractivity contribution in [1.82, 2.24) is 0 Å². The van der Waals surface area contributed by atoms with Gasteiger partial charge in [-0.15, -0.1) is 0 Å². The normalized spacial score (nSPS) is 30.3. The third-order valence-corrected chi connectivity index (χ3v) is 5.93. The molecule has 0 radical (unpaired) electrons. The zero-order valence-corrected chi connectivity index (χ0v) is 20.2. The van der Waals surface area contributed by atoms with Gasteiger partial charge in [0.15, 0.2) is 6.10 Å². The van der Waals surface area contributed by atoms with Gasteiger partial charge in [0.05, 0.1) is 6.61 Å².